The molecule has 0 saturated heterocycles. The van der Waals surface area contributed by atoms with Crippen molar-refractivity contribution in [3.05, 3.63) is 60.2 Å². The normalized spacial score (nSPS) is 10.7. The number of hydrogen-bond acceptors (Lipinski definition) is 3. The number of anilines is 2. The third kappa shape index (κ3) is 5.80. The van der Waals surface area contributed by atoms with Crippen LogP contribution in [0.15, 0.2) is 54.6 Å². The molecule has 0 unspecified atom stereocenters. The standard InChI is InChI=1S/C20H22N2O3/c1-14(2)20(24)22-17-10-8-16(9-11-17)21-19(23)12-7-15-5-4-6-18(13-15)25-3/h4-14H,1-3H3,(H,21,23)(H,22,24)/b12-7+. The maximum absolute atomic E-state index is 12.0. The van der Waals surface area contributed by atoms with E-state index < -0.39 is 0 Å². The van der Waals surface area contributed by atoms with Gasteiger partial charge in [0.2, 0.25) is 11.8 Å². The molecule has 0 aliphatic rings. The molecule has 130 valence electrons. The van der Waals surface area contributed by atoms with Gasteiger partial charge in [0.25, 0.3) is 0 Å². The Balaban J connectivity index is 1.93. The summed E-state index contributed by atoms with van der Waals surface area (Å²) in [6.45, 7) is 3.66. The third-order valence-electron chi connectivity index (χ3n) is 3.47. The molecule has 0 aromatic heterocycles. The summed E-state index contributed by atoms with van der Waals surface area (Å²) in [7, 11) is 1.60. The van der Waals surface area contributed by atoms with E-state index in [4.69, 9.17) is 4.74 Å². The molecule has 0 atom stereocenters. The second-order valence-electron chi connectivity index (χ2n) is 5.82. The Morgan fingerprint density at radius 3 is 2.24 bits per heavy atom. The zero-order chi connectivity index (χ0) is 18.2. The predicted molar refractivity (Wildman–Crippen MR) is 101 cm³/mol. The number of carbonyl (C=O) groups excluding carboxylic acids is 2. The Morgan fingerprint density at radius 2 is 1.64 bits per heavy atom. The van der Waals surface area contributed by atoms with Crippen LogP contribution >= 0.6 is 0 Å². The van der Waals surface area contributed by atoms with Crippen molar-refractivity contribution >= 4 is 29.3 Å². The molecule has 0 radical (unpaired) electrons. The summed E-state index contributed by atoms with van der Waals surface area (Å²) < 4.78 is 5.15. The smallest absolute Gasteiger partial charge is 0.248 e. The highest BCUT2D eigenvalue weighted by molar-refractivity contribution is 6.02. The second-order valence-corrected chi connectivity index (χ2v) is 5.82. The molecule has 25 heavy (non-hydrogen) atoms. The number of methoxy groups -OCH3 is 1. The van der Waals surface area contributed by atoms with Crippen molar-refractivity contribution in [2.75, 3.05) is 17.7 Å². The summed E-state index contributed by atoms with van der Waals surface area (Å²) in [5.41, 5.74) is 2.23. The molecule has 0 spiro atoms. The Morgan fingerprint density at radius 1 is 1.00 bits per heavy atom. The molecule has 0 heterocycles. The van der Waals surface area contributed by atoms with Crippen LogP contribution in [-0.4, -0.2) is 18.9 Å². The summed E-state index contributed by atoms with van der Waals surface area (Å²) >= 11 is 0. The largest absolute Gasteiger partial charge is 0.497 e. The average molecular weight is 338 g/mol. The Labute approximate surface area is 147 Å². The van der Waals surface area contributed by atoms with Gasteiger partial charge in [0, 0.05) is 23.4 Å². The molecular formula is C20H22N2O3. The minimum absolute atomic E-state index is 0.0435. The molecule has 2 rings (SSSR count). The van der Waals surface area contributed by atoms with Crippen LogP contribution in [-0.2, 0) is 9.59 Å². The Kier molecular flexibility index (Phi) is 6.34. The molecule has 0 fully saturated rings. The van der Waals surface area contributed by atoms with Gasteiger partial charge in [-0.2, -0.15) is 0 Å². The van der Waals surface area contributed by atoms with E-state index in [0.717, 1.165) is 11.3 Å². The molecule has 0 aliphatic carbocycles. The van der Waals surface area contributed by atoms with Crippen molar-refractivity contribution in [3.8, 4) is 5.75 Å². The van der Waals surface area contributed by atoms with Crippen molar-refractivity contribution in [1.29, 1.82) is 0 Å². The van der Waals surface area contributed by atoms with Crippen molar-refractivity contribution in [1.82, 2.24) is 0 Å². The van der Waals surface area contributed by atoms with E-state index in [9.17, 15) is 9.59 Å². The molecule has 5 nitrogen and oxygen atoms in total. The lowest BCUT2D eigenvalue weighted by atomic mass is 10.2. The first kappa shape index (κ1) is 18.3. The number of nitrogens with one attached hydrogen (secondary N) is 2. The lowest BCUT2D eigenvalue weighted by Crippen LogP contribution is -2.17. The molecule has 2 N–H and O–H groups in total. The van der Waals surface area contributed by atoms with E-state index in [1.54, 1.807) is 37.5 Å². The van der Waals surface area contributed by atoms with Gasteiger partial charge in [0.15, 0.2) is 0 Å². The van der Waals surface area contributed by atoms with E-state index in [-0.39, 0.29) is 17.7 Å². The van der Waals surface area contributed by atoms with Crippen LogP contribution in [0.4, 0.5) is 11.4 Å². The molecule has 0 bridgehead atoms. The van der Waals surface area contributed by atoms with Crippen LogP contribution < -0.4 is 15.4 Å². The van der Waals surface area contributed by atoms with Crippen LogP contribution in [0.2, 0.25) is 0 Å². The first-order valence-corrected chi connectivity index (χ1v) is 8.02. The van der Waals surface area contributed by atoms with Crippen LogP contribution in [0.1, 0.15) is 19.4 Å². The van der Waals surface area contributed by atoms with Crippen molar-refractivity contribution in [3.63, 3.8) is 0 Å². The molecular weight excluding hydrogens is 316 g/mol. The maximum Gasteiger partial charge on any atom is 0.248 e. The summed E-state index contributed by atoms with van der Waals surface area (Å²) in [6.07, 6.45) is 3.18. The van der Waals surface area contributed by atoms with E-state index >= 15 is 0 Å². The molecule has 0 aliphatic heterocycles. The number of carbonyl (C=O) groups is 2. The van der Waals surface area contributed by atoms with Gasteiger partial charge in [-0.05, 0) is 48.0 Å². The van der Waals surface area contributed by atoms with Gasteiger partial charge in [-0.1, -0.05) is 26.0 Å². The summed E-state index contributed by atoms with van der Waals surface area (Å²) in [6, 6.07) is 14.4. The second kappa shape index (κ2) is 8.68. The fourth-order valence-corrected chi connectivity index (χ4v) is 2.02. The average Bonchev–Trinajstić information content (AvgIpc) is 2.61. The number of rotatable bonds is 6. The number of ether oxygens (including phenoxy) is 1. The highest BCUT2D eigenvalue weighted by Gasteiger charge is 2.07. The van der Waals surface area contributed by atoms with Gasteiger partial charge >= 0.3 is 0 Å². The molecule has 0 saturated carbocycles. The number of benzene rings is 2. The fraction of sp³-hybridized carbons (Fsp3) is 0.200. The maximum atomic E-state index is 12.0. The topological polar surface area (TPSA) is 67.4 Å². The third-order valence-corrected chi connectivity index (χ3v) is 3.47. The zero-order valence-corrected chi connectivity index (χ0v) is 14.6. The molecule has 2 aromatic rings. The highest BCUT2D eigenvalue weighted by Crippen LogP contribution is 2.16. The SMILES string of the molecule is COc1cccc(/C=C/C(=O)Nc2ccc(NC(=O)C(C)C)cc2)c1. The number of amides is 2. The van der Waals surface area contributed by atoms with Crippen molar-refractivity contribution < 1.29 is 14.3 Å². The minimum atomic E-state index is -0.234. The van der Waals surface area contributed by atoms with E-state index in [2.05, 4.69) is 10.6 Å². The lowest BCUT2D eigenvalue weighted by Gasteiger charge is -2.08. The van der Waals surface area contributed by atoms with Crippen LogP contribution in [0, 0.1) is 5.92 Å². The van der Waals surface area contributed by atoms with Gasteiger partial charge in [-0.25, -0.2) is 0 Å². The Hall–Kier alpha value is -3.08. The predicted octanol–water partition coefficient (Wildman–Crippen LogP) is 3.94. The van der Waals surface area contributed by atoms with Crippen LogP contribution in [0.5, 0.6) is 5.75 Å². The van der Waals surface area contributed by atoms with Gasteiger partial charge in [0.1, 0.15) is 5.75 Å². The van der Waals surface area contributed by atoms with Gasteiger partial charge < -0.3 is 15.4 Å². The van der Waals surface area contributed by atoms with Crippen LogP contribution in [0.3, 0.4) is 0 Å². The van der Waals surface area contributed by atoms with Crippen molar-refractivity contribution in [2.45, 2.75) is 13.8 Å². The van der Waals surface area contributed by atoms with Crippen LogP contribution in [0.25, 0.3) is 6.08 Å². The number of hydrogen-bond donors (Lipinski definition) is 2. The van der Waals surface area contributed by atoms with Crippen molar-refractivity contribution in [2.24, 2.45) is 5.92 Å². The van der Waals surface area contributed by atoms with E-state index in [1.165, 1.54) is 6.08 Å². The zero-order valence-electron chi connectivity index (χ0n) is 14.6. The summed E-state index contributed by atoms with van der Waals surface area (Å²) in [4.78, 5) is 23.6. The first-order valence-electron chi connectivity index (χ1n) is 8.02. The highest BCUT2D eigenvalue weighted by atomic mass is 16.5. The fourth-order valence-electron chi connectivity index (χ4n) is 2.02. The van der Waals surface area contributed by atoms with E-state index in [0.29, 0.717) is 11.4 Å². The van der Waals surface area contributed by atoms with Gasteiger partial charge in [0.05, 0.1) is 7.11 Å². The van der Waals surface area contributed by atoms with E-state index in [1.807, 2.05) is 38.1 Å². The molecule has 5 heteroatoms. The molecule has 2 aromatic carbocycles. The first-order chi connectivity index (χ1) is 12.0. The van der Waals surface area contributed by atoms with Gasteiger partial charge in [-0.15, -0.1) is 0 Å². The monoisotopic (exact) mass is 338 g/mol. The lowest BCUT2D eigenvalue weighted by molar-refractivity contribution is -0.119. The Bertz CT molecular complexity index is 765. The molecule has 2 amide bonds. The summed E-state index contributed by atoms with van der Waals surface area (Å²) in [5, 5.41) is 5.58. The quantitative estimate of drug-likeness (QED) is 0.784. The van der Waals surface area contributed by atoms with Gasteiger partial charge in [-0.3, -0.25) is 9.59 Å². The minimum Gasteiger partial charge on any atom is -0.497 e. The summed E-state index contributed by atoms with van der Waals surface area (Å²) in [5.74, 6) is 0.377.